The van der Waals surface area contributed by atoms with Crippen LogP contribution in [-0.2, 0) is 16.4 Å². The van der Waals surface area contributed by atoms with Crippen molar-refractivity contribution in [2.75, 3.05) is 10.0 Å². The second-order valence-electron chi connectivity index (χ2n) is 6.45. The second kappa shape index (κ2) is 9.21. The minimum absolute atomic E-state index is 0.253. The number of aryl methyl sites for hydroxylation is 1. The summed E-state index contributed by atoms with van der Waals surface area (Å²) in [6.45, 7) is 2.05. The number of hydrogen-bond acceptors (Lipinski definition) is 3. The highest BCUT2D eigenvalue weighted by Crippen LogP contribution is 2.16. The number of amides is 1. The third kappa shape index (κ3) is 6.05. The number of carbonyl (C=O) groups is 1. The van der Waals surface area contributed by atoms with Crippen LogP contribution in [-0.4, -0.2) is 14.3 Å². The van der Waals surface area contributed by atoms with E-state index in [2.05, 4.69) is 17.0 Å². The monoisotopic (exact) mass is 406 g/mol. The Kier molecular flexibility index (Phi) is 6.46. The maximum atomic E-state index is 12.4. The number of benzene rings is 3. The molecule has 0 atom stereocenters. The van der Waals surface area contributed by atoms with E-state index in [0.717, 1.165) is 28.6 Å². The molecule has 0 spiro atoms. The number of hydrogen-bond donors (Lipinski definition) is 2. The van der Waals surface area contributed by atoms with Gasteiger partial charge in [-0.25, -0.2) is 8.42 Å². The Morgan fingerprint density at radius 1 is 0.897 bits per heavy atom. The van der Waals surface area contributed by atoms with Gasteiger partial charge in [-0.1, -0.05) is 49.4 Å². The topological polar surface area (TPSA) is 75.3 Å². The molecule has 0 saturated heterocycles. The van der Waals surface area contributed by atoms with Crippen LogP contribution in [0.4, 0.5) is 11.4 Å². The molecule has 3 rings (SSSR count). The molecule has 0 fully saturated rings. The third-order valence-corrected chi connectivity index (χ3v) is 5.25. The van der Waals surface area contributed by atoms with Gasteiger partial charge in [0.1, 0.15) is 0 Å². The van der Waals surface area contributed by atoms with Crippen LogP contribution in [0.15, 0.2) is 84.3 Å². The summed E-state index contributed by atoms with van der Waals surface area (Å²) in [4.78, 5) is 12.4. The van der Waals surface area contributed by atoms with Gasteiger partial charge in [0.25, 0.3) is 15.9 Å². The number of sulfonamides is 1. The lowest BCUT2D eigenvalue weighted by atomic mass is 10.1. The molecule has 0 bridgehead atoms. The van der Waals surface area contributed by atoms with Gasteiger partial charge < -0.3 is 5.32 Å². The smallest absolute Gasteiger partial charge is 0.255 e. The lowest BCUT2D eigenvalue weighted by Crippen LogP contribution is -2.13. The molecule has 29 heavy (non-hydrogen) atoms. The number of carbonyl (C=O) groups excluding carboxylic acids is 1. The largest absolute Gasteiger partial charge is 0.322 e. The molecule has 2 N–H and O–H groups in total. The maximum Gasteiger partial charge on any atom is 0.255 e. The third-order valence-electron chi connectivity index (χ3n) is 4.24. The molecule has 0 unspecified atom stereocenters. The zero-order chi connectivity index (χ0) is 20.7. The molecule has 0 radical (unpaired) electrons. The summed E-state index contributed by atoms with van der Waals surface area (Å²) >= 11 is 0. The first-order chi connectivity index (χ1) is 13.9. The molecule has 5 nitrogen and oxygen atoms in total. The molecule has 0 heterocycles. The van der Waals surface area contributed by atoms with Crippen molar-refractivity contribution in [2.45, 2.75) is 13.3 Å². The fraction of sp³-hybridized carbons (Fsp3) is 0.0870. The standard InChI is InChI=1S/C23H22N2O3S/c1-2-18-9-6-10-22(17-18)24-23(26)20-11-13-21(14-12-20)25-29(27,28)16-15-19-7-4-3-5-8-19/h3-17,25H,2H2,1H3,(H,24,26)/b16-15+. The summed E-state index contributed by atoms with van der Waals surface area (Å²) in [5.74, 6) is -0.253. The molecule has 0 aliphatic rings. The quantitative estimate of drug-likeness (QED) is 0.585. The average Bonchev–Trinajstić information content (AvgIpc) is 2.73. The predicted molar refractivity (Wildman–Crippen MR) is 118 cm³/mol. The summed E-state index contributed by atoms with van der Waals surface area (Å²) in [6.07, 6.45) is 2.41. The van der Waals surface area contributed by atoms with Gasteiger partial charge in [-0.05, 0) is 60.0 Å². The molecule has 148 valence electrons. The van der Waals surface area contributed by atoms with Crippen LogP contribution < -0.4 is 10.0 Å². The first-order valence-corrected chi connectivity index (χ1v) is 10.8. The summed E-state index contributed by atoms with van der Waals surface area (Å²) in [5.41, 5.74) is 3.47. The highest BCUT2D eigenvalue weighted by molar-refractivity contribution is 7.95. The fourth-order valence-corrected chi connectivity index (χ4v) is 3.56. The Labute approximate surface area is 171 Å². The Hall–Kier alpha value is -3.38. The van der Waals surface area contributed by atoms with Crippen LogP contribution in [0, 0.1) is 0 Å². The van der Waals surface area contributed by atoms with Crippen LogP contribution in [0.5, 0.6) is 0 Å². The van der Waals surface area contributed by atoms with E-state index in [0.29, 0.717) is 11.3 Å². The molecular formula is C23H22N2O3S. The summed E-state index contributed by atoms with van der Waals surface area (Å²) in [5, 5.41) is 3.97. The van der Waals surface area contributed by atoms with E-state index < -0.39 is 10.0 Å². The van der Waals surface area contributed by atoms with Gasteiger partial charge in [0, 0.05) is 16.9 Å². The van der Waals surface area contributed by atoms with E-state index in [1.165, 1.54) is 6.08 Å². The molecule has 0 aliphatic carbocycles. The lowest BCUT2D eigenvalue weighted by molar-refractivity contribution is 0.102. The van der Waals surface area contributed by atoms with Gasteiger partial charge in [-0.3, -0.25) is 9.52 Å². The SMILES string of the molecule is CCc1cccc(NC(=O)c2ccc(NS(=O)(=O)/C=C/c3ccccc3)cc2)c1. The van der Waals surface area contributed by atoms with Crippen molar-refractivity contribution < 1.29 is 13.2 Å². The number of anilines is 2. The number of rotatable bonds is 7. The van der Waals surface area contributed by atoms with Crippen molar-refractivity contribution in [3.8, 4) is 0 Å². The van der Waals surface area contributed by atoms with E-state index in [9.17, 15) is 13.2 Å². The fourth-order valence-electron chi connectivity index (χ4n) is 2.69. The average molecular weight is 407 g/mol. The molecule has 1 amide bonds. The van der Waals surface area contributed by atoms with E-state index in [1.54, 1.807) is 24.3 Å². The van der Waals surface area contributed by atoms with Crippen molar-refractivity contribution in [3.63, 3.8) is 0 Å². The van der Waals surface area contributed by atoms with E-state index in [1.807, 2.05) is 54.6 Å². The molecule has 0 saturated carbocycles. The molecule has 3 aromatic carbocycles. The highest BCUT2D eigenvalue weighted by atomic mass is 32.2. The molecular weight excluding hydrogens is 384 g/mol. The van der Waals surface area contributed by atoms with Crippen molar-refractivity contribution in [1.29, 1.82) is 0 Å². The number of nitrogens with one attached hydrogen (secondary N) is 2. The van der Waals surface area contributed by atoms with Crippen LogP contribution in [0.1, 0.15) is 28.4 Å². The van der Waals surface area contributed by atoms with Crippen molar-refractivity contribution in [1.82, 2.24) is 0 Å². The van der Waals surface area contributed by atoms with Gasteiger partial charge in [0.05, 0.1) is 5.41 Å². The van der Waals surface area contributed by atoms with Crippen molar-refractivity contribution >= 4 is 33.4 Å². The predicted octanol–water partition coefficient (Wildman–Crippen LogP) is 4.91. The molecule has 0 aromatic heterocycles. The summed E-state index contributed by atoms with van der Waals surface area (Å²) in [6, 6.07) is 23.1. The summed E-state index contributed by atoms with van der Waals surface area (Å²) in [7, 11) is -3.65. The Morgan fingerprint density at radius 2 is 1.62 bits per heavy atom. The van der Waals surface area contributed by atoms with Gasteiger partial charge in [0.15, 0.2) is 0 Å². The zero-order valence-corrected chi connectivity index (χ0v) is 16.8. The van der Waals surface area contributed by atoms with Gasteiger partial charge in [-0.2, -0.15) is 0 Å². The summed E-state index contributed by atoms with van der Waals surface area (Å²) < 4.78 is 26.9. The zero-order valence-electron chi connectivity index (χ0n) is 16.0. The van der Waals surface area contributed by atoms with Crippen LogP contribution in [0.25, 0.3) is 6.08 Å². The van der Waals surface area contributed by atoms with Crippen LogP contribution >= 0.6 is 0 Å². The maximum absolute atomic E-state index is 12.4. The Balaban J connectivity index is 1.64. The van der Waals surface area contributed by atoms with E-state index >= 15 is 0 Å². The first-order valence-electron chi connectivity index (χ1n) is 9.21. The van der Waals surface area contributed by atoms with Crippen LogP contribution in [0.2, 0.25) is 0 Å². The normalized spacial score (nSPS) is 11.3. The van der Waals surface area contributed by atoms with Gasteiger partial charge in [-0.15, -0.1) is 0 Å². The first kappa shape index (κ1) is 20.4. The minimum atomic E-state index is -3.65. The molecule has 6 heteroatoms. The highest BCUT2D eigenvalue weighted by Gasteiger charge is 2.09. The molecule has 0 aliphatic heterocycles. The van der Waals surface area contributed by atoms with Gasteiger partial charge in [0.2, 0.25) is 0 Å². The Morgan fingerprint density at radius 3 is 2.31 bits per heavy atom. The lowest BCUT2D eigenvalue weighted by Gasteiger charge is -2.08. The molecule has 3 aromatic rings. The van der Waals surface area contributed by atoms with Crippen LogP contribution in [0.3, 0.4) is 0 Å². The Bertz CT molecular complexity index is 1110. The van der Waals surface area contributed by atoms with Crippen molar-refractivity contribution in [2.24, 2.45) is 0 Å². The van der Waals surface area contributed by atoms with E-state index in [-0.39, 0.29) is 5.91 Å². The second-order valence-corrected chi connectivity index (χ2v) is 8.01. The van der Waals surface area contributed by atoms with E-state index in [4.69, 9.17) is 0 Å². The minimum Gasteiger partial charge on any atom is -0.322 e. The van der Waals surface area contributed by atoms with Crippen molar-refractivity contribution in [3.05, 3.63) is 101 Å². The van der Waals surface area contributed by atoms with Gasteiger partial charge >= 0.3 is 0 Å².